The van der Waals surface area contributed by atoms with Crippen LogP contribution in [0, 0.1) is 0 Å². The number of carbonyl (C=O) groups excluding carboxylic acids is 2. The van der Waals surface area contributed by atoms with E-state index >= 15 is 0 Å². The molecule has 0 bridgehead atoms. The molecule has 1 heterocycles. The molecular weight excluding hydrogens is 438 g/mol. The molecule has 2 aliphatic carbocycles. The van der Waals surface area contributed by atoms with Crippen molar-refractivity contribution in [2.45, 2.75) is 57.4 Å². The standard InChI is InChI=1S/C28H31N5O2/c29-21-12-7-19(8-13-21)27(34)31-23-14-9-18(10-15-23)26-32-24-16-11-20(17-25(24)33-26)28(35)30-22-5-3-1-2-4-6-22/h7-9,11-14,16-17,22H,1-6,10,15,29H2,(H,30,35)(H,31,34)(H,32,33). The highest BCUT2D eigenvalue weighted by Gasteiger charge is 2.18. The first-order chi connectivity index (χ1) is 17.0. The molecule has 0 spiro atoms. The predicted molar refractivity (Wildman–Crippen MR) is 139 cm³/mol. The number of nitrogens with zero attached hydrogens (tertiary/aromatic N) is 1. The Morgan fingerprint density at radius 1 is 0.886 bits per heavy atom. The molecule has 1 saturated carbocycles. The Balaban J connectivity index is 1.26. The highest BCUT2D eigenvalue weighted by molar-refractivity contribution is 5.98. The minimum absolute atomic E-state index is 0.0174. The zero-order valence-corrected chi connectivity index (χ0v) is 19.8. The van der Waals surface area contributed by atoms with Crippen molar-refractivity contribution in [2.24, 2.45) is 0 Å². The fourth-order valence-electron chi connectivity index (χ4n) is 4.79. The van der Waals surface area contributed by atoms with Crippen molar-refractivity contribution in [2.75, 3.05) is 5.73 Å². The van der Waals surface area contributed by atoms with E-state index in [9.17, 15) is 9.59 Å². The fraction of sp³-hybridized carbons (Fsp3) is 0.321. The van der Waals surface area contributed by atoms with Crippen molar-refractivity contribution >= 4 is 34.1 Å². The summed E-state index contributed by atoms with van der Waals surface area (Å²) in [4.78, 5) is 33.4. The number of hydrogen-bond acceptors (Lipinski definition) is 4. The van der Waals surface area contributed by atoms with Gasteiger partial charge in [0.1, 0.15) is 5.82 Å². The van der Waals surface area contributed by atoms with Crippen molar-refractivity contribution in [1.29, 1.82) is 0 Å². The number of nitrogens with one attached hydrogen (secondary N) is 3. The molecule has 7 nitrogen and oxygen atoms in total. The van der Waals surface area contributed by atoms with E-state index in [1.165, 1.54) is 25.7 Å². The molecule has 0 saturated heterocycles. The second-order valence-electron chi connectivity index (χ2n) is 9.44. The van der Waals surface area contributed by atoms with Gasteiger partial charge in [-0.15, -0.1) is 0 Å². The maximum absolute atomic E-state index is 12.8. The number of aromatic amines is 1. The second-order valence-corrected chi connectivity index (χ2v) is 9.44. The van der Waals surface area contributed by atoms with Crippen LogP contribution in [0.5, 0.6) is 0 Å². The largest absolute Gasteiger partial charge is 0.399 e. The number of imidazole rings is 1. The Morgan fingerprint density at radius 3 is 2.34 bits per heavy atom. The van der Waals surface area contributed by atoms with Gasteiger partial charge in [-0.25, -0.2) is 4.98 Å². The Kier molecular flexibility index (Phi) is 6.66. The van der Waals surface area contributed by atoms with Gasteiger partial charge in [-0.3, -0.25) is 9.59 Å². The van der Waals surface area contributed by atoms with E-state index < -0.39 is 0 Å². The van der Waals surface area contributed by atoms with Crippen molar-refractivity contribution in [3.05, 3.63) is 77.3 Å². The summed E-state index contributed by atoms with van der Waals surface area (Å²) >= 11 is 0. The molecule has 2 amide bonds. The number of carbonyl (C=O) groups is 2. The first-order valence-corrected chi connectivity index (χ1v) is 12.4. The molecule has 0 radical (unpaired) electrons. The lowest BCUT2D eigenvalue weighted by molar-refractivity contribution is 0.0931. The van der Waals surface area contributed by atoms with Crippen LogP contribution in [0.1, 0.15) is 77.9 Å². The molecule has 1 fully saturated rings. The Bertz CT molecular complexity index is 1290. The van der Waals surface area contributed by atoms with Gasteiger partial charge in [0.15, 0.2) is 0 Å². The van der Waals surface area contributed by atoms with Gasteiger partial charge in [-0.1, -0.05) is 31.8 Å². The highest BCUT2D eigenvalue weighted by atomic mass is 16.2. The molecule has 180 valence electrons. The van der Waals surface area contributed by atoms with Crippen molar-refractivity contribution < 1.29 is 9.59 Å². The van der Waals surface area contributed by atoms with E-state index in [0.717, 1.165) is 47.4 Å². The van der Waals surface area contributed by atoms with Gasteiger partial charge >= 0.3 is 0 Å². The van der Waals surface area contributed by atoms with Crippen molar-refractivity contribution in [3.8, 4) is 0 Å². The Labute approximate surface area is 204 Å². The maximum atomic E-state index is 12.8. The molecule has 1 aromatic heterocycles. The Morgan fingerprint density at radius 2 is 1.63 bits per heavy atom. The van der Waals surface area contributed by atoms with E-state index in [1.54, 1.807) is 24.3 Å². The molecule has 0 aliphatic heterocycles. The zero-order valence-electron chi connectivity index (χ0n) is 19.8. The monoisotopic (exact) mass is 469 g/mol. The van der Waals surface area contributed by atoms with E-state index in [4.69, 9.17) is 10.7 Å². The first-order valence-electron chi connectivity index (χ1n) is 12.4. The summed E-state index contributed by atoms with van der Waals surface area (Å²) < 4.78 is 0. The number of aromatic nitrogens is 2. The summed E-state index contributed by atoms with van der Waals surface area (Å²) in [7, 11) is 0. The topological polar surface area (TPSA) is 113 Å². The number of amides is 2. The molecule has 35 heavy (non-hydrogen) atoms. The number of allylic oxidation sites excluding steroid dienone is 4. The van der Waals surface area contributed by atoms with Crippen LogP contribution in [0.2, 0.25) is 0 Å². The summed E-state index contributed by atoms with van der Waals surface area (Å²) in [6.07, 6.45) is 12.4. The van der Waals surface area contributed by atoms with Crippen LogP contribution in [-0.4, -0.2) is 27.8 Å². The summed E-state index contributed by atoms with van der Waals surface area (Å²) in [5, 5.41) is 6.18. The van der Waals surface area contributed by atoms with Gasteiger partial charge in [0, 0.05) is 28.6 Å². The lowest BCUT2D eigenvalue weighted by atomic mass is 10.0. The number of hydrogen-bond donors (Lipinski definition) is 4. The van der Waals surface area contributed by atoms with Gasteiger partial charge in [0.2, 0.25) is 0 Å². The number of anilines is 1. The zero-order chi connectivity index (χ0) is 24.2. The summed E-state index contributed by atoms with van der Waals surface area (Å²) in [5.41, 5.74) is 11.2. The van der Waals surface area contributed by atoms with Gasteiger partial charge in [0.25, 0.3) is 11.8 Å². The van der Waals surface area contributed by atoms with E-state index in [2.05, 4.69) is 15.6 Å². The lowest BCUT2D eigenvalue weighted by Gasteiger charge is -2.16. The molecular formula is C28H31N5O2. The quantitative estimate of drug-likeness (QED) is 0.308. The molecule has 2 aliphatic rings. The number of fused-ring (bicyclic) bond motifs is 1. The second kappa shape index (κ2) is 10.2. The normalized spacial score (nSPS) is 16.8. The number of H-pyrrole nitrogens is 1. The molecule has 0 atom stereocenters. The fourth-order valence-corrected chi connectivity index (χ4v) is 4.79. The summed E-state index contributed by atoms with van der Waals surface area (Å²) in [5.74, 6) is 0.629. The third-order valence-electron chi connectivity index (χ3n) is 6.83. The Hall–Kier alpha value is -3.87. The minimum Gasteiger partial charge on any atom is -0.399 e. The number of rotatable bonds is 5. The van der Waals surface area contributed by atoms with Gasteiger partial charge in [0.05, 0.1) is 11.0 Å². The molecule has 7 heteroatoms. The van der Waals surface area contributed by atoms with E-state index in [-0.39, 0.29) is 17.9 Å². The molecule has 5 N–H and O–H groups in total. The van der Waals surface area contributed by atoms with E-state index in [0.29, 0.717) is 23.2 Å². The molecule has 5 rings (SSSR count). The van der Waals surface area contributed by atoms with Gasteiger partial charge < -0.3 is 21.4 Å². The summed E-state index contributed by atoms with van der Waals surface area (Å²) in [6, 6.07) is 12.8. The maximum Gasteiger partial charge on any atom is 0.255 e. The average molecular weight is 470 g/mol. The van der Waals surface area contributed by atoms with Crippen LogP contribution in [0.4, 0.5) is 5.69 Å². The molecule has 0 unspecified atom stereocenters. The van der Waals surface area contributed by atoms with Crippen LogP contribution < -0.4 is 16.4 Å². The third kappa shape index (κ3) is 5.45. The highest BCUT2D eigenvalue weighted by Crippen LogP contribution is 2.27. The third-order valence-corrected chi connectivity index (χ3v) is 6.83. The van der Waals surface area contributed by atoms with Crippen LogP contribution in [0.3, 0.4) is 0 Å². The summed E-state index contributed by atoms with van der Waals surface area (Å²) in [6.45, 7) is 0. The van der Waals surface area contributed by atoms with Crippen LogP contribution in [0.25, 0.3) is 16.6 Å². The van der Waals surface area contributed by atoms with E-state index in [1.807, 2.05) is 30.4 Å². The SMILES string of the molecule is Nc1ccc(C(=O)NC2=CC=C(c3nc4ccc(C(=O)NC5CCCCCC5)cc4[nH]3)CC2)cc1. The van der Waals surface area contributed by atoms with Crippen LogP contribution in [-0.2, 0) is 0 Å². The smallest absolute Gasteiger partial charge is 0.255 e. The van der Waals surface area contributed by atoms with Gasteiger partial charge in [-0.2, -0.15) is 0 Å². The number of benzene rings is 2. The van der Waals surface area contributed by atoms with Crippen molar-refractivity contribution in [3.63, 3.8) is 0 Å². The molecule has 2 aromatic carbocycles. The van der Waals surface area contributed by atoms with Crippen molar-refractivity contribution in [1.82, 2.24) is 20.6 Å². The minimum atomic E-state index is -0.147. The lowest BCUT2D eigenvalue weighted by Crippen LogP contribution is -2.34. The number of nitrogen functional groups attached to an aromatic ring is 1. The first kappa shape index (κ1) is 22.9. The van der Waals surface area contributed by atoms with Gasteiger partial charge in [-0.05, 0) is 79.8 Å². The van der Waals surface area contributed by atoms with Crippen LogP contribution in [0.15, 0.2) is 60.3 Å². The van der Waals surface area contributed by atoms with Crippen LogP contribution >= 0.6 is 0 Å². The average Bonchev–Trinajstić information content (AvgIpc) is 3.13. The number of nitrogens with two attached hydrogens (primary N) is 1. The molecule has 3 aromatic rings. The predicted octanol–water partition coefficient (Wildman–Crippen LogP) is 5.09.